The van der Waals surface area contributed by atoms with Crippen molar-refractivity contribution in [1.82, 2.24) is 9.78 Å². The number of nitriles is 1. The summed E-state index contributed by atoms with van der Waals surface area (Å²) >= 11 is 0. The third-order valence-corrected chi connectivity index (χ3v) is 2.25. The summed E-state index contributed by atoms with van der Waals surface area (Å²) in [5, 5.41) is 12.9. The maximum atomic E-state index is 11.2. The van der Waals surface area contributed by atoms with Crippen molar-refractivity contribution in [2.45, 2.75) is 6.92 Å². The van der Waals surface area contributed by atoms with E-state index in [-0.39, 0.29) is 5.78 Å². The van der Waals surface area contributed by atoms with Crippen molar-refractivity contribution < 1.29 is 4.79 Å². The molecule has 0 saturated heterocycles. The largest absolute Gasteiger partial charge is 0.295 e. The number of hydrogen-bond acceptors (Lipinski definition) is 3. The van der Waals surface area contributed by atoms with E-state index in [1.54, 1.807) is 36.5 Å². The van der Waals surface area contributed by atoms with Crippen LogP contribution in [0.15, 0.2) is 36.5 Å². The molecule has 0 amide bonds. The average molecular weight is 211 g/mol. The number of benzene rings is 1. The molecule has 0 bridgehead atoms. The van der Waals surface area contributed by atoms with Crippen LogP contribution >= 0.6 is 0 Å². The maximum Gasteiger partial charge on any atom is 0.159 e. The van der Waals surface area contributed by atoms with E-state index in [4.69, 9.17) is 5.26 Å². The fraction of sp³-hybridized carbons (Fsp3) is 0.0833. The van der Waals surface area contributed by atoms with Crippen molar-refractivity contribution in [3.63, 3.8) is 0 Å². The molecule has 0 aliphatic rings. The predicted molar refractivity (Wildman–Crippen MR) is 58.3 cm³/mol. The predicted octanol–water partition coefficient (Wildman–Crippen LogP) is 1.95. The first-order valence-corrected chi connectivity index (χ1v) is 4.78. The van der Waals surface area contributed by atoms with Crippen molar-refractivity contribution in [3.8, 4) is 11.8 Å². The van der Waals surface area contributed by atoms with Crippen LogP contribution in [0.4, 0.5) is 0 Å². The zero-order valence-electron chi connectivity index (χ0n) is 8.71. The second kappa shape index (κ2) is 3.99. The number of ketones is 1. The summed E-state index contributed by atoms with van der Waals surface area (Å²) in [6.45, 7) is 1.51. The van der Waals surface area contributed by atoms with E-state index >= 15 is 0 Å². The van der Waals surface area contributed by atoms with E-state index in [9.17, 15) is 4.79 Å². The summed E-state index contributed by atoms with van der Waals surface area (Å²) < 4.78 is 1.51. The normalized spacial score (nSPS) is 9.75. The number of Topliss-reactive ketones (excluding diaryl/α,β-unsaturated/α-hetero) is 1. The van der Waals surface area contributed by atoms with Gasteiger partial charge in [-0.15, -0.1) is 0 Å². The van der Waals surface area contributed by atoms with Crippen LogP contribution in [0.25, 0.3) is 5.69 Å². The van der Waals surface area contributed by atoms with Crippen molar-refractivity contribution in [2.75, 3.05) is 0 Å². The van der Waals surface area contributed by atoms with Crippen LogP contribution in [0, 0.1) is 11.3 Å². The maximum absolute atomic E-state index is 11.2. The molecule has 2 aromatic rings. The molecule has 0 fully saturated rings. The Hall–Kier alpha value is -2.41. The SMILES string of the molecule is CC(=O)c1cccc(-n2nccc2C#N)c1. The van der Waals surface area contributed by atoms with Gasteiger partial charge in [-0.3, -0.25) is 4.79 Å². The Kier molecular flexibility index (Phi) is 2.52. The molecule has 0 aliphatic carbocycles. The second-order valence-corrected chi connectivity index (χ2v) is 3.35. The summed E-state index contributed by atoms with van der Waals surface area (Å²) in [6.07, 6.45) is 1.55. The lowest BCUT2D eigenvalue weighted by Crippen LogP contribution is -2.01. The molecule has 0 N–H and O–H groups in total. The van der Waals surface area contributed by atoms with Gasteiger partial charge in [-0.1, -0.05) is 12.1 Å². The lowest BCUT2D eigenvalue weighted by atomic mass is 10.1. The first-order chi connectivity index (χ1) is 7.72. The molecule has 2 rings (SSSR count). The smallest absolute Gasteiger partial charge is 0.159 e. The summed E-state index contributed by atoms with van der Waals surface area (Å²) in [6, 6.07) is 10.7. The zero-order valence-corrected chi connectivity index (χ0v) is 8.71. The van der Waals surface area contributed by atoms with Gasteiger partial charge in [-0.25, -0.2) is 4.68 Å². The third-order valence-electron chi connectivity index (χ3n) is 2.25. The molecule has 1 aromatic carbocycles. The van der Waals surface area contributed by atoms with E-state index in [2.05, 4.69) is 5.10 Å². The lowest BCUT2D eigenvalue weighted by Gasteiger charge is -2.04. The summed E-state index contributed by atoms with van der Waals surface area (Å²) in [5.41, 5.74) is 1.77. The van der Waals surface area contributed by atoms with Crippen LogP contribution in [-0.2, 0) is 0 Å². The summed E-state index contributed by atoms with van der Waals surface area (Å²) in [7, 11) is 0. The summed E-state index contributed by atoms with van der Waals surface area (Å²) in [4.78, 5) is 11.2. The van der Waals surface area contributed by atoms with Crippen LogP contribution in [0.3, 0.4) is 0 Å². The Morgan fingerprint density at radius 1 is 1.44 bits per heavy atom. The van der Waals surface area contributed by atoms with Gasteiger partial charge in [0.25, 0.3) is 0 Å². The third kappa shape index (κ3) is 1.71. The minimum absolute atomic E-state index is 0.00693. The highest BCUT2D eigenvalue weighted by molar-refractivity contribution is 5.94. The van der Waals surface area contributed by atoms with E-state index in [0.717, 1.165) is 0 Å². The van der Waals surface area contributed by atoms with Crippen LogP contribution in [0.5, 0.6) is 0 Å². The highest BCUT2D eigenvalue weighted by Crippen LogP contribution is 2.12. The minimum atomic E-state index is -0.00693. The number of hydrogen-bond donors (Lipinski definition) is 0. The average Bonchev–Trinajstić information content (AvgIpc) is 2.77. The molecule has 0 unspecified atom stereocenters. The highest BCUT2D eigenvalue weighted by atomic mass is 16.1. The molecule has 0 saturated carbocycles. The summed E-state index contributed by atoms with van der Waals surface area (Å²) in [5.74, 6) is -0.00693. The first-order valence-electron chi connectivity index (χ1n) is 4.78. The van der Waals surface area contributed by atoms with E-state index in [1.807, 2.05) is 6.07 Å². The zero-order chi connectivity index (χ0) is 11.5. The van der Waals surface area contributed by atoms with Gasteiger partial charge >= 0.3 is 0 Å². The fourth-order valence-corrected chi connectivity index (χ4v) is 1.45. The Bertz CT molecular complexity index is 578. The Balaban J connectivity index is 2.53. The molecular formula is C12H9N3O. The van der Waals surface area contributed by atoms with E-state index in [0.29, 0.717) is 16.9 Å². The van der Waals surface area contributed by atoms with Crippen LogP contribution < -0.4 is 0 Å². The molecule has 1 aromatic heterocycles. The lowest BCUT2D eigenvalue weighted by molar-refractivity contribution is 0.101. The monoisotopic (exact) mass is 211 g/mol. The molecule has 4 nitrogen and oxygen atoms in total. The van der Waals surface area contributed by atoms with Crippen molar-refractivity contribution in [2.24, 2.45) is 0 Å². The minimum Gasteiger partial charge on any atom is -0.295 e. The second-order valence-electron chi connectivity index (χ2n) is 3.35. The van der Waals surface area contributed by atoms with Gasteiger partial charge in [-0.2, -0.15) is 10.4 Å². The van der Waals surface area contributed by atoms with Crippen molar-refractivity contribution in [3.05, 3.63) is 47.8 Å². The van der Waals surface area contributed by atoms with Gasteiger partial charge < -0.3 is 0 Å². The molecule has 16 heavy (non-hydrogen) atoms. The van der Waals surface area contributed by atoms with Gasteiger partial charge in [0.2, 0.25) is 0 Å². The molecular weight excluding hydrogens is 202 g/mol. The number of carbonyl (C=O) groups excluding carboxylic acids is 1. The number of carbonyl (C=O) groups is 1. The Morgan fingerprint density at radius 3 is 2.94 bits per heavy atom. The molecule has 0 atom stereocenters. The quantitative estimate of drug-likeness (QED) is 0.713. The van der Waals surface area contributed by atoms with Gasteiger partial charge in [0, 0.05) is 5.56 Å². The Morgan fingerprint density at radius 2 is 2.25 bits per heavy atom. The topological polar surface area (TPSA) is 58.7 Å². The molecule has 4 heteroatoms. The number of aromatic nitrogens is 2. The molecule has 0 spiro atoms. The van der Waals surface area contributed by atoms with E-state index in [1.165, 1.54) is 11.6 Å². The molecule has 0 radical (unpaired) electrons. The van der Waals surface area contributed by atoms with Crippen LogP contribution in [0.2, 0.25) is 0 Å². The van der Waals surface area contributed by atoms with Gasteiger partial charge in [0.05, 0.1) is 11.9 Å². The Labute approximate surface area is 92.7 Å². The fourth-order valence-electron chi connectivity index (χ4n) is 1.45. The highest BCUT2D eigenvalue weighted by Gasteiger charge is 2.06. The van der Waals surface area contributed by atoms with Crippen LogP contribution in [0.1, 0.15) is 23.0 Å². The standard InChI is InChI=1S/C12H9N3O/c1-9(16)10-3-2-4-11(7-10)15-12(8-13)5-6-14-15/h2-7H,1H3. The molecule has 78 valence electrons. The number of nitrogens with zero attached hydrogens (tertiary/aromatic N) is 3. The van der Waals surface area contributed by atoms with Gasteiger partial charge in [0.1, 0.15) is 11.8 Å². The van der Waals surface area contributed by atoms with Crippen molar-refractivity contribution >= 4 is 5.78 Å². The first kappa shape index (κ1) is 10.1. The molecule has 0 aliphatic heterocycles. The van der Waals surface area contributed by atoms with E-state index < -0.39 is 0 Å². The molecule has 1 heterocycles. The van der Waals surface area contributed by atoms with Crippen molar-refractivity contribution in [1.29, 1.82) is 5.26 Å². The van der Waals surface area contributed by atoms with Gasteiger partial charge in [0.15, 0.2) is 5.78 Å². The van der Waals surface area contributed by atoms with Gasteiger partial charge in [-0.05, 0) is 25.1 Å². The van der Waals surface area contributed by atoms with Crippen LogP contribution in [-0.4, -0.2) is 15.6 Å². The number of rotatable bonds is 2.